The summed E-state index contributed by atoms with van der Waals surface area (Å²) in [5.41, 5.74) is -1.13. The first-order chi connectivity index (χ1) is 22.0. The zero-order valence-corrected chi connectivity index (χ0v) is 26.2. The van der Waals surface area contributed by atoms with E-state index in [-0.39, 0.29) is 11.4 Å². The molecular weight excluding hydrogens is 652 g/mol. The van der Waals surface area contributed by atoms with E-state index in [0.717, 1.165) is 35.3 Å². The summed E-state index contributed by atoms with van der Waals surface area (Å²) in [5, 5.41) is 67.8. The molecule has 3 aromatic rings. The molecule has 6 atom stereocenters. The maximum absolute atomic E-state index is 14.4. The fourth-order valence-corrected chi connectivity index (χ4v) is 5.42. The van der Waals surface area contributed by atoms with Crippen molar-refractivity contribution in [3.63, 3.8) is 0 Å². The second-order valence-corrected chi connectivity index (χ2v) is 12.1. The van der Waals surface area contributed by atoms with Crippen LogP contribution in [0.4, 0.5) is 8.78 Å². The summed E-state index contributed by atoms with van der Waals surface area (Å²) in [5.74, 6) is -6.61. The lowest BCUT2D eigenvalue weighted by molar-refractivity contribution is -0.284. The van der Waals surface area contributed by atoms with Gasteiger partial charge in [-0.3, -0.25) is 9.59 Å². The zero-order valence-electron chi connectivity index (χ0n) is 25.4. The summed E-state index contributed by atoms with van der Waals surface area (Å²) in [7, 11) is 0. The Hall–Kier alpha value is -4.21. The molecular formula is C27H33F2N7O10S. The standard InChI is InChI=1S/C27H33F2N7O10S/c1-11-22(47-35-32-11)24(42)31-26(3,4)18-9-36(34-33-18)13-5-6-17(14(7-13)23(28)29)45-27(25(43)44)8-15(39)19(30-12(2)38)21(46-27)20(41)16(40)10-37/h5-7,9,15-16,19-21,23,37,39-41H,8,10H2,1-4H3,(H,30,38)(H,31,42)(H,43,44)/t15-,16+,19+,20+,21+,27+/m0/s1. The molecule has 0 aliphatic carbocycles. The molecule has 1 aliphatic rings. The van der Waals surface area contributed by atoms with Crippen LogP contribution in [0.1, 0.15) is 60.2 Å². The number of carboxylic acid groups (broad SMARTS) is 1. The van der Waals surface area contributed by atoms with E-state index in [1.54, 1.807) is 20.8 Å². The van der Waals surface area contributed by atoms with E-state index in [4.69, 9.17) is 9.47 Å². The molecule has 1 fully saturated rings. The number of halogens is 2. The van der Waals surface area contributed by atoms with E-state index in [0.29, 0.717) is 10.6 Å². The van der Waals surface area contributed by atoms with Crippen LogP contribution in [0.15, 0.2) is 24.4 Å². The smallest absolute Gasteiger partial charge is 0.377 e. The molecule has 1 saturated heterocycles. The Kier molecular flexibility index (Phi) is 10.5. The number of carboxylic acids is 1. The van der Waals surface area contributed by atoms with Gasteiger partial charge in [0.15, 0.2) is 0 Å². The zero-order chi connectivity index (χ0) is 34.8. The van der Waals surface area contributed by atoms with Gasteiger partial charge in [0.05, 0.1) is 53.9 Å². The monoisotopic (exact) mass is 685 g/mol. The Morgan fingerprint density at radius 3 is 2.53 bits per heavy atom. The van der Waals surface area contributed by atoms with Crippen LogP contribution in [0, 0.1) is 6.92 Å². The molecule has 3 heterocycles. The second kappa shape index (κ2) is 13.9. The Morgan fingerprint density at radius 1 is 1.26 bits per heavy atom. The third-order valence-corrected chi connectivity index (χ3v) is 8.20. The SMILES string of the molecule is CC(=O)N[C@H]1[C@H]([C@H](O)[C@H](O)CO)O[C@@](Oc2ccc(-n3cc(C(C)(C)NC(=O)c4snnc4C)nn3)cc2C(F)F)(C(=O)O)C[C@@H]1O. The molecule has 0 bridgehead atoms. The fourth-order valence-electron chi connectivity index (χ4n) is 4.87. The summed E-state index contributed by atoms with van der Waals surface area (Å²) in [6, 6.07) is 1.75. The van der Waals surface area contributed by atoms with Crippen LogP contribution >= 0.6 is 11.5 Å². The van der Waals surface area contributed by atoms with Gasteiger partial charge < -0.3 is 45.6 Å². The number of aliphatic carboxylic acids is 1. The topological polar surface area (TPSA) is 251 Å². The van der Waals surface area contributed by atoms with Crippen molar-refractivity contribution in [1.82, 2.24) is 35.2 Å². The number of aryl methyl sites for hydroxylation is 1. The summed E-state index contributed by atoms with van der Waals surface area (Å²) in [6.45, 7) is 4.99. The number of amides is 2. The van der Waals surface area contributed by atoms with Crippen LogP contribution in [0.25, 0.3) is 5.69 Å². The van der Waals surface area contributed by atoms with E-state index in [2.05, 4.69) is 30.5 Å². The van der Waals surface area contributed by atoms with Crippen LogP contribution in [0.5, 0.6) is 5.75 Å². The minimum Gasteiger partial charge on any atom is -0.476 e. The van der Waals surface area contributed by atoms with E-state index in [9.17, 15) is 48.7 Å². The third kappa shape index (κ3) is 7.52. The highest BCUT2D eigenvalue weighted by atomic mass is 32.1. The van der Waals surface area contributed by atoms with Gasteiger partial charge in [0, 0.05) is 6.92 Å². The molecule has 17 nitrogen and oxygen atoms in total. The van der Waals surface area contributed by atoms with Gasteiger partial charge in [0.2, 0.25) is 5.91 Å². The van der Waals surface area contributed by atoms with E-state index in [1.165, 1.54) is 12.3 Å². The number of ether oxygens (including phenoxy) is 2. The number of alkyl halides is 2. The largest absolute Gasteiger partial charge is 0.476 e. The van der Waals surface area contributed by atoms with Crippen molar-refractivity contribution in [2.24, 2.45) is 0 Å². The molecule has 2 amide bonds. The van der Waals surface area contributed by atoms with Crippen molar-refractivity contribution < 1.29 is 58.2 Å². The van der Waals surface area contributed by atoms with Crippen molar-refractivity contribution >= 4 is 29.3 Å². The highest BCUT2D eigenvalue weighted by Crippen LogP contribution is 2.39. The lowest BCUT2D eigenvalue weighted by Gasteiger charge is -2.46. The number of rotatable bonds is 12. The molecule has 0 saturated carbocycles. The van der Waals surface area contributed by atoms with Crippen molar-refractivity contribution in [2.75, 3.05) is 6.61 Å². The molecule has 0 unspecified atom stereocenters. The van der Waals surface area contributed by atoms with Gasteiger partial charge in [0.1, 0.15) is 34.6 Å². The molecule has 1 aliphatic heterocycles. The number of nitrogens with zero attached hydrogens (tertiary/aromatic N) is 5. The van der Waals surface area contributed by atoms with Crippen LogP contribution in [0.3, 0.4) is 0 Å². The number of nitrogens with one attached hydrogen (secondary N) is 2. The van der Waals surface area contributed by atoms with Crippen LogP contribution in [-0.2, 0) is 19.9 Å². The maximum Gasteiger partial charge on any atom is 0.377 e. The van der Waals surface area contributed by atoms with Crippen molar-refractivity contribution in [1.29, 1.82) is 0 Å². The Morgan fingerprint density at radius 2 is 1.96 bits per heavy atom. The first-order valence-corrected chi connectivity index (χ1v) is 14.8. The van der Waals surface area contributed by atoms with E-state index < -0.39 is 90.3 Å². The Balaban J connectivity index is 1.64. The number of carbonyl (C=O) groups excluding carboxylic acids is 2. The van der Waals surface area contributed by atoms with Gasteiger partial charge in [-0.05, 0) is 50.5 Å². The normalized spacial score (nSPS) is 22.8. The van der Waals surface area contributed by atoms with Gasteiger partial charge in [-0.15, -0.1) is 10.2 Å². The molecule has 2 aromatic heterocycles. The Bertz CT molecular complexity index is 1620. The van der Waals surface area contributed by atoms with Gasteiger partial charge in [-0.25, -0.2) is 18.3 Å². The van der Waals surface area contributed by atoms with Gasteiger partial charge in [-0.1, -0.05) is 9.70 Å². The van der Waals surface area contributed by atoms with Crippen LogP contribution < -0.4 is 15.4 Å². The van der Waals surface area contributed by atoms with Gasteiger partial charge >= 0.3 is 11.8 Å². The molecule has 47 heavy (non-hydrogen) atoms. The predicted molar refractivity (Wildman–Crippen MR) is 155 cm³/mol. The van der Waals surface area contributed by atoms with Crippen LogP contribution in [0.2, 0.25) is 0 Å². The quantitative estimate of drug-likeness (QED) is 0.128. The first kappa shape index (κ1) is 35.6. The lowest BCUT2D eigenvalue weighted by Crippen LogP contribution is -2.68. The summed E-state index contributed by atoms with van der Waals surface area (Å²) in [4.78, 5) is 37.3. The lowest BCUT2D eigenvalue weighted by atomic mass is 9.88. The molecule has 20 heteroatoms. The molecule has 4 rings (SSSR count). The Labute approximate surface area is 269 Å². The predicted octanol–water partition coefficient (Wildman–Crippen LogP) is -0.442. The number of benzene rings is 1. The third-order valence-electron chi connectivity index (χ3n) is 7.37. The van der Waals surface area contributed by atoms with Gasteiger partial charge in [0.25, 0.3) is 12.3 Å². The minimum atomic E-state index is -3.23. The average Bonchev–Trinajstić information content (AvgIpc) is 3.67. The fraction of sp³-hybridized carbons (Fsp3) is 0.519. The van der Waals surface area contributed by atoms with Crippen molar-refractivity contribution in [2.45, 2.75) is 82.3 Å². The maximum atomic E-state index is 14.4. The average molecular weight is 686 g/mol. The van der Waals surface area contributed by atoms with E-state index in [1.807, 2.05) is 0 Å². The van der Waals surface area contributed by atoms with Gasteiger partial charge in [-0.2, -0.15) is 0 Å². The summed E-state index contributed by atoms with van der Waals surface area (Å²) in [6.07, 6.45) is -10.3. The summed E-state index contributed by atoms with van der Waals surface area (Å²) < 4.78 is 44.7. The van der Waals surface area contributed by atoms with E-state index >= 15 is 0 Å². The number of hydrogen-bond acceptors (Lipinski definition) is 14. The van der Waals surface area contributed by atoms with Crippen molar-refractivity contribution in [3.8, 4) is 11.4 Å². The molecule has 7 N–H and O–H groups in total. The number of hydrogen-bond donors (Lipinski definition) is 7. The molecule has 1 aromatic carbocycles. The van der Waals surface area contributed by atoms with Crippen molar-refractivity contribution in [3.05, 3.63) is 46.2 Å². The first-order valence-electron chi connectivity index (χ1n) is 14.0. The van der Waals surface area contributed by atoms with Crippen LogP contribution in [-0.4, -0.2) is 111 Å². The molecule has 256 valence electrons. The number of aliphatic hydroxyl groups excluding tert-OH is 4. The number of carbonyl (C=O) groups is 3. The number of aliphatic hydroxyl groups is 4. The molecule has 0 spiro atoms. The minimum absolute atomic E-state index is 0.0510. The molecule has 0 radical (unpaired) electrons. The highest BCUT2D eigenvalue weighted by Gasteiger charge is 2.57. The summed E-state index contributed by atoms with van der Waals surface area (Å²) >= 11 is 0.914. The highest BCUT2D eigenvalue weighted by molar-refractivity contribution is 7.08. The second-order valence-electron chi connectivity index (χ2n) is 11.3. The number of aromatic nitrogens is 5.